The molecule has 0 aliphatic heterocycles. The van der Waals surface area contributed by atoms with E-state index in [1.54, 1.807) is 0 Å². The second kappa shape index (κ2) is 8.13. The summed E-state index contributed by atoms with van der Waals surface area (Å²) in [5.74, 6) is 0. The second-order valence-electron chi connectivity index (χ2n) is 7.60. The molecule has 0 aliphatic rings. The normalized spacial score (nSPS) is 11.9. The predicted molar refractivity (Wildman–Crippen MR) is 126 cm³/mol. The molecule has 0 heterocycles. The van der Waals surface area contributed by atoms with Crippen molar-refractivity contribution >= 4 is 23.2 Å². The molecule has 140 valence electrons. The number of rotatable bonds is 5. The summed E-state index contributed by atoms with van der Waals surface area (Å²) in [5, 5.41) is 4.39. The van der Waals surface area contributed by atoms with Crippen molar-refractivity contribution in [3.8, 4) is 0 Å². The van der Waals surface area contributed by atoms with Gasteiger partial charge in [-0.3, -0.25) is 0 Å². The minimum atomic E-state index is -2.20. The first kappa shape index (κ1) is 18.7. The van der Waals surface area contributed by atoms with Gasteiger partial charge in [-0.2, -0.15) is 0 Å². The van der Waals surface area contributed by atoms with Crippen LogP contribution in [0.2, 0.25) is 0 Å². The fourth-order valence-corrected chi connectivity index (χ4v) is 8.92. The number of aryl methyl sites for hydroxylation is 2. The summed E-state index contributed by atoms with van der Waals surface area (Å²) < 4.78 is 0. The molecule has 0 amide bonds. The van der Waals surface area contributed by atoms with Crippen LogP contribution < -0.4 is 15.9 Å². The molecule has 0 saturated carbocycles. The molecule has 0 radical (unpaired) electrons. The van der Waals surface area contributed by atoms with Crippen molar-refractivity contribution in [2.75, 3.05) is 0 Å². The van der Waals surface area contributed by atoms with Crippen LogP contribution in [0, 0.1) is 13.8 Å². The molecule has 0 unspecified atom stereocenters. The first-order chi connectivity index (χ1) is 13.7. The number of hydrogen-bond donors (Lipinski definition) is 0. The summed E-state index contributed by atoms with van der Waals surface area (Å²) in [6.07, 6.45) is 1.06. The molecule has 28 heavy (non-hydrogen) atoms. The van der Waals surface area contributed by atoms with E-state index in [2.05, 4.69) is 123 Å². The van der Waals surface area contributed by atoms with Gasteiger partial charge in [0.25, 0.3) is 0 Å². The van der Waals surface area contributed by atoms with E-state index in [1.807, 2.05) is 0 Å². The van der Waals surface area contributed by atoms with E-state index in [-0.39, 0.29) is 0 Å². The van der Waals surface area contributed by atoms with Gasteiger partial charge in [0.05, 0.1) is 0 Å². The van der Waals surface area contributed by atoms with Crippen LogP contribution in [0.25, 0.3) is 0 Å². The summed E-state index contributed by atoms with van der Waals surface area (Å²) >= 11 is 0. The van der Waals surface area contributed by atoms with Gasteiger partial charge in [-0.15, -0.1) is 0 Å². The third-order valence-corrected chi connectivity index (χ3v) is 10.7. The number of benzene rings is 4. The van der Waals surface area contributed by atoms with Crippen LogP contribution in [0.15, 0.2) is 109 Å². The molecule has 1 heteroatoms. The van der Waals surface area contributed by atoms with Gasteiger partial charge in [-0.25, -0.2) is 0 Å². The van der Waals surface area contributed by atoms with Crippen molar-refractivity contribution in [3.05, 3.63) is 126 Å². The Labute approximate surface area is 169 Å². The molecule has 4 rings (SSSR count). The van der Waals surface area contributed by atoms with Gasteiger partial charge in [0.15, 0.2) is 0 Å². The van der Waals surface area contributed by atoms with Crippen molar-refractivity contribution in [2.24, 2.45) is 0 Å². The Balaban J connectivity index is 1.99. The Morgan fingerprint density at radius 2 is 0.929 bits per heavy atom. The van der Waals surface area contributed by atoms with Crippen LogP contribution in [-0.4, -0.2) is 0 Å². The molecule has 0 spiro atoms. The molecule has 0 aromatic heterocycles. The van der Waals surface area contributed by atoms with Crippen molar-refractivity contribution in [3.63, 3.8) is 0 Å². The average Bonchev–Trinajstić information content (AvgIpc) is 2.76. The molecule has 0 N–H and O–H groups in total. The molecule has 0 nitrogen and oxygen atoms in total. The predicted octanol–water partition coefficient (Wildman–Crippen LogP) is 5.53. The van der Waals surface area contributed by atoms with Crippen LogP contribution in [0.5, 0.6) is 0 Å². The van der Waals surface area contributed by atoms with Gasteiger partial charge in [0.2, 0.25) is 0 Å². The Bertz CT molecular complexity index is 941. The van der Waals surface area contributed by atoms with Crippen molar-refractivity contribution < 1.29 is 0 Å². The van der Waals surface area contributed by atoms with E-state index in [0.29, 0.717) is 0 Å². The average molecular weight is 382 g/mol. The minimum absolute atomic E-state index is 1.06. The fraction of sp³-hybridized carbons (Fsp3) is 0.111. The number of hydrogen-bond acceptors (Lipinski definition) is 0. The summed E-state index contributed by atoms with van der Waals surface area (Å²) in [7, 11) is -2.20. The topological polar surface area (TPSA) is 0 Å². The Morgan fingerprint density at radius 3 is 1.32 bits per heavy atom. The van der Waals surface area contributed by atoms with Crippen LogP contribution in [0.3, 0.4) is 0 Å². The molecule has 0 fully saturated rings. The molecule has 4 aromatic rings. The van der Waals surface area contributed by atoms with Gasteiger partial charge < -0.3 is 0 Å². The van der Waals surface area contributed by atoms with E-state index in [1.165, 1.54) is 32.6 Å². The van der Waals surface area contributed by atoms with Gasteiger partial charge >= 0.3 is 169 Å². The molecular weight excluding hydrogens is 355 g/mol. The molecular formula is C27H27P. The third kappa shape index (κ3) is 3.53. The second-order valence-corrected chi connectivity index (χ2v) is 11.5. The van der Waals surface area contributed by atoms with Crippen molar-refractivity contribution in [2.45, 2.75) is 20.0 Å². The maximum atomic E-state index is 2.38. The Morgan fingerprint density at radius 1 is 0.500 bits per heavy atom. The zero-order valence-electron chi connectivity index (χ0n) is 16.6. The van der Waals surface area contributed by atoms with Crippen LogP contribution in [0.1, 0.15) is 16.7 Å². The van der Waals surface area contributed by atoms with Crippen molar-refractivity contribution in [1.29, 1.82) is 0 Å². The summed E-state index contributed by atoms with van der Waals surface area (Å²) in [6, 6.07) is 40.4. The van der Waals surface area contributed by atoms with Gasteiger partial charge in [0, 0.05) is 0 Å². The van der Waals surface area contributed by atoms with Gasteiger partial charge in [-0.1, -0.05) is 0 Å². The Hall–Kier alpha value is -2.69. The molecule has 0 bridgehead atoms. The summed E-state index contributed by atoms with van der Waals surface area (Å²) in [4.78, 5) is 0. The molecule has 0 atom stereocenters. The van der Waals surface area contributed by atoms with E-state index in [4.69, 9.17) is 0 Å². The standard InChI is InChI=1S/C27H27P/c1-22-18-19-24(20-23(22)2)21-28(25-12-6-3-7-13-25,26-14-8-4-9-15-26)27-16-10-5-11-17-27/h3-20,28H,21H2,1-2H3. The molecule has 0 aliphatic carbocycles. The van der Waals surface area contributed by atoms with Crippen LogP contribution in [-0.2, 0) is 6.16 Å². The maximum absolute atomic E-state index is 2.38. The quantitative estimate of drug-likeness (QED) is 0.398. The zero-order chi connectivity index (χ0) is 19.4. The van der Waals surface area contributed by atoms with Crippen LogP contribution >= 0.6 is 7.26 Å². The summed E-state index contributed by atoms with van der Waals surface area (Å²) in [6.45, 7) is 4.41. The van der Waals surface area contributed by atoms with Crippen molar-refractivity contribution in [1.82, 2.24) is 0 Å². The first-order valence-corrected chi connectivity index (χ1v) is 12.1. The zero-order valence-corrected chi connectivity index (χ0v) is 17.6. The first-order valence-electron chi connectivity index (χ1n) is 9.93. The fourth-order valence-electron chi connectivity index (χ4n) is 4.19. The molecule has 0 saturated heterocycles. The van der Waals surface area contributed by atoms with Gasteiger partial charge in [0.1, 0.15) is 0 Å². The Kier molecular flexibility index (Phi) is 5.42. The van der Waals surface area contributed by atoms with Crippen LogP contribution in [0.4, 0.5) is 0 Å². The SMILES string of the molecule is Cc1ccc(C[PH](c2ccccc2)(c2ccccc2)c2ccccc2)cc1C. The van der Waals surface area contributed by atoms with E-state index in [0.717, 1.165) is 6.16 Å². The molecule has 4 aromatic carbocycles. The monoisotopic (exact) mass is 382 g/mol. The van der Waals surface area contributed by atoms with Gasteiger partial charge in [-0.05, 0) is 0 Å². The summed E-state index contributed by atoms with van der Waals surface area (Å²) in [5.41, 5.74) is 4.15. The van der Waals surface area contributed by atoms with E-state index < -0.39 is 7.26 Å². The van der Waals surface area contributed by atoms with E-state index >= 15 is 0 Å². The van der Waals surface area contributed by atoms with E-state index in [9.17, 15) is 0 Å². The third-order valence-electron chi connectivity index (χ3n) is 5.84.